The molecule has 1 heterocycles. The molecule has 0 spiro atoms. The molecule has 0 atom stereocenters. The van der Waals surface area contributed by atoms with Gasteiger partial charge in [-0.05, 0) is 30.5 Å². The number of carbonyl (C=O) groups is 1. The third-order valence-corrected chi connectivity index (χ3v) is 3.98. The lowest BCUT2D eigenvalue weighted by Crippen LogP contribution is -2.01. The Bertz CT molecular complexity index is 577. The number of halogens is 1. The SMILES string of the molecule is Cc1ccc(Cc2nc(C(=O)CCl)cs2)cc1C. The van der Waals surface area contributed by atoms with Crippen molar-refractivity contribution in [1.82, 2.24) is 4.98 Å². The molecular formula is C14H14ClNOS. The molecule has 0 aliphatic carbocycles. The maximum Gasteiger partial charge on any atom is 0.196 e. The van der Waals surface area contributed by atoms with Crippen molar-refractivity contribution in [3.05, 3.63) is 51.0 Å². The van der Waals surface area contributed by atoms with Gasteiger partial charge in [-0.25, -0.2) is 4.98 Å². The summed E-state index contributed by atoms with van der Waals surface area (Å²) in [5.41, 5.74) is 4.27. The van der Waals surface area contributed by atoms with Crippen molar-refractivity contribution in [2.45, 2.75) is 20.3 Å². The van der Waals surface area contributed by atoms with Crippen LogP contribution in [0.25, 0.3) is 0 Å². The quantitative estimate of drug-likeness (QED) is 0.630. The molecule has 1 aromatic carbocycles. The lowest BCUT2D eigenvalue weighted by molar-refractivity contribution is 0.101. The van der Waals surface area contributed by atoms with Gasteiger partial charge < -0.3 is 0 Å². The van der Waals surface area contributed by atoms with Crippen LogP contribution in [-0.2, 0) is 6.42 Å². The van der Waals surface area contributed by atoms with Crippen molar-refractivity contribution < 1.29 is 4.79 Å². The standard InChI is InChI=1S/C14H14ClNOS/c1-9-3-4-11(5-10(9)2)6-14-16-12(8-18-14)13(17)7-15/h3-5,8H,6-7H2,1-2H3. The molecule has 0 N–H and O–H groups in total. The van der Waals surface area contributed by atoms with Crippen LogP contribution in [-0.4, -0.2) is 16.6 Å². The average Bonchev–Trinajstić information content (AvgIpc) is 2.81. The van der Waals surface area contributed by atoms with Crippen LogP contribution < -0.4 is 0 Å². The minimum atomic E-state index is -0.112. The molecule has 0 fully saturated rings. The summed E-state index contributed by atoms with van der Waals surface area (Å²) in [7, 11) is 0. The van der Waals surface area contributed by atoms with E-state index in [2.05, 4.69) is 37.0 Å². The largest absolute Gasteiger partial charge is 0.291 e. The maximum atomic E-state index is 11.4. The number of thiazole rings is 1. The van der Waals surface area contributed by atoms with Crippen molar-refractivity contribution in [3.8, 4) is 0 Å². The average molecular weight is 280 g/mol. The van der Waals surface area contributed by atoms with Crippen LogP contribution in [0.1, 0.15) is 32.2 Å². The molecule has 0 amide bonds. The monoisotopic (exact) mass is 279 g/mol. The summed E-state index contributed by atoms with van der Waals surface area (Å²) in [6.45, 7) is 4.20. The van der Waals surface area contributed by atoms with Crippen molar-refractivity contribution >= 4 is 28.7 Å². The van der Waals surface area contributed by atoms with Crippen LogP contribution in [0.2, 0.25) is 0 Å². The van der Waals surface area contributed by atoms with E-state index in [0.717, 1.165) is 11.4 Å². The van der Waals surface area contributed by atoms with Gasteiger partial charge in [0.1, 0.15) is 5.69 Å². The zero-order valence-corrected chi connectivity index (χ0v) is 11.9. The van der Waals surface area contributed by atoms with E-state index in [1.54, 1.807) is 5.38 Å². The van der Waals surface area contributed by atoms with Crippen molar-refractivity contribution in [2.24, 2.45) is 0 Å². The molecule has 94 valence electrons. The van der Waals surface area contributed by atoms with Gasteiger partial charge in [0.25, 0.3) is 0 Å². The topological polar surface area (TPSA) is 30.0 Å². The maximum absolute atomic E-state index is 11.4. The minimum Gasteiger partial charge on any atom is -0.291 e. The predicted octanol–water partition coefficient (Wildman–Crippen LogP) is 3.77. The van der Waals surface area contributed by atoms with E-state index >= 15 is 0 Å². The van der Waals surface area contributed by atoms with E-state index in [-0.39, 0.29) is 11.7 Å². The molecule has 0 aliphatic heterocycles. The fourth-order valence-electron chi connectivity index (χ4n) is 1.68. The Hall–Kier alpha value is -1.19. The fraction of sp³-hybridized carbons (Fsp3) is 0.286. The number of benzene rings is 1. The first-order valence-corrected chi connectivity index (χ1v) is 7.11. The minimum absolute atomic E-state index is 0.00713. The van der Waals surface area contributed by atoms with Gasteiger partial charge in [-0.15, -0.1) is 22.9 Å². The van der Waals surface area contributed by atoms with Gasteiger partial charge in [0.2, 0.25) is 0 Å². The lowest BCUT2D eigenvalue weighted by Gasteiger charge is -2.03. The molecule has 4 heteroatoms. The Balaban J connectivity index is 2.16. The Kier molecular flexibility index (Phi) is 4.15. The predicted molar refractivity (Wildman–Crippen MR) is 75.9 cm³/mol. The van der Waals surface area contributed by atoms with Gasteiger partial charge in [0.05, 0.1) is 10.9 Å². The number of alkyl halides is 1. The van der Waals surface area contributed by atoms with Crippen LogP contribution in [0.5, 0.6) is 0 Å². The Morgan fingerprint density at radius 1 is 1.33 bits per heavy atom. The second kappa shape index (κ2) is 5.63. The molecule has 18 heavy (non-hydrogen) atoms. The first-order chi connectivity index (χ1) is 8.60. The molecule has 0 saturated carbocycles. The summed E-state index contributed by atoms with van der Waals surface area (Å²) < 4.78 is 0. The molecule has 1 aromatic heterocycles. The van der Waals surface area contributed by atoms with Gasteiger partial charge in [-0.1, -0.05) is 18.2 Å². The number of ketones is 1. The molecule has 0 bridgehead atoms. The first-order valence-electron chi connectivity index (χ1n) is 5.70. The van der Waals surface area contributed by atoms with E-state index in [1.165, 1.54) is 28.0 Å². The Morgan fingerprint density at radius 3 is 2.78 bits per heavy atom. The van der Waals surface area contributed by atoms with E-state index in [0.29, 0.717) is 5.69 Å². The summed E-state index contributed by atoms with van der Waals surface area (Å²) in [5, 5.41) is 2.73. The number of hydrogen-bond acceptors (Lipinski definition) is 3. The highest BCUT2D eigenvalue weighted by atomic mass is 35.5. The number of rotatable bonds is 4. The smallest absolute Gasteiger partial charge is 0.196 e. The number of carbonyl (C=O) groups excluding carboxylic acids is 1. The number of hydrogen-bond donors (Lipinski definition) is 0. The summed E-state index contributed by atoms with van der Waals surface area (Å²) >= 11 is 7.02. The zero-order chi connectivity index (χ0) is 13.1. The highest BCUT2D eigenvalue weighted by Crippen LogP contribution is 2.17. The van der Waals surface area contributed by atoms with Gasteiger partial charge in [-0.2, -0.15) is 0 Å². The normalized spacial score (nSPS) is 10.6. The summed E-state index contributed by atoms with van der Waals surface area (Å²) in [6.07, 6.45) is 0.765. The summed E-state index contributed by atoms with van der Waals surface area (Å²) in [6, 6.07) is 6.38. The number of aromatic nitrogens is 1. The Morgan fingerprint density at radius 2 is 2.11 bits per heavy atom. The summed E-state index contributed by atoms with van der Waals surface area (Å²) in [5.74, 6) is -0.119. The second-order valence-corrected chi connectivity index (χ2v) is 5.49. The molecule has 2 nitrogen and oxygen atoms in total. The van der Waals surface area contributed by atoms with Gasteiger partial charge in [0, 0.05) is 11.8 Å². The molecular weight excluding hydrogens is 266 g/mol. The molecule has 0 unspecified atom stereocenters. The second-order valence-electron chi connectivity index (χ2n) is 4.28. The van der Waals surface area contributed by atoms with Crippen LogP contribution in [0.3, 0.4) is 0 Å². The third-order valence-electron chi connectivity index (χ3n) is 2.89. The molecule has 0 aliphatic rings. The van der Waals surface area contributed by atoms with Gasteiger partial charge in [0.15, 0.2) is 5.78 Å². The van der Waals surface area contributed by atoms with Crippen molar-refractivity contribution in [2.75, 3.05) is 5.88 Å². The summed E-state index contributed by atoms with van der Waals surface area (Å²) in [4.78, 5) is 15.7. The molecule has 0 radical (unpaired) electrons. The molecule has 0 saturated heterocycles. The van der Waals surface area contributed by atoms with E-state index < -0.39 is 0 Å². The lowest BCUT2D eigenvalue weighted by atomic mass is 10.0. The molecule has 2 rings (SSSR count). The van der Waals surface area contributed by atoms with Crippen LogP contribution in [0, 0.1) is 13.8 Å². The van der Waals surface area contributed by atoms with Crippen molar-refractivity contribution in [3.63, 3.8) is 0 Å². The Labute approximate surface area is 116 Å². The first kappa shape index (κ1) is 13.2. The van der Waals surface area contributed by atoms with Gasteiger partial charge in [-0.3, -0.25) is 4.79 Å². The van der Waals surface area contributed by atoms with Crippen LogP contribution in [0.4, 0.5) is 0 Å². The highest BCUT2D eigenvalue weighted by molar-refractivity contribution is 7.09. The van der Waals surface area contributed by atoms with Crippen molar-refractivity contribution in [1.29, 1.82) is 0 Å². The van der Waals surface area contributed by atoms with E-state index in [1.807, 2.05) is 0 Å². The number of nitrogens with zero attached hydrogens (tertiary/aromatic N) is 1. The molecule has 2 aromatic rings. The van der Waals surface area contributed by atoms with Crippen LogP contribution >= 0.6 is 22.9 Å². The van der Waals surface area contributed by atoms with E-state index in [9.17, 15) is 4.79 Å². The van der Waals surface area contributed by atoms with Crippen LogP contribution in [0.15, 0.2) is 23.6 Å². The highest BCUT2D eigenvalue weighted by Gasteiger charge is 2.09. The third kappa shape index (κ3) is 2.98. The van der Waals surface area contributed by atoms with E-state index in [4.69, 9.17) is 11.6 Å². The fourth-order valence-corrected chi connectivity index (χ4v) is 2.65. The number of aryl methyl sites for hydroxylation is 2. The number of Topliss-reactive ketones (excluding diaryl/α,β-unsaturated/α-hetero) is 1. The zero-order valence-electron chi connectivity index (χ0n) is 10.4. The van der Waals surface area contributed by atoms with Gasteiger partial charge >= 0.3 is 0 Å².